The average Bonchev–Trinajstić information content (AvgIpc) is 3.32. The Morgan fingerprint density at radius 1 is 1.00 bits per heavy atom. The molecule has 0 amide bonds. The molecule has 3 aromatic carbocycles. The van der Waals surface area contributed by atoms with Crippen LogP contribution in [0.2, 0.25) is 5.02 Å². The fourth-order valence-electron chi connectivity index (χ4n) is 4.50. The van der Waals surface area contributed by atoms with E-state index in [0.717, 1.165) is 50.7 Å². The summed E-state index contributed by atoms with van der Waals surface area (Å²) in [7, 11) is 0. The number of aromatic nitrogens is 1. The monoisotopic (exact) mass is 530 g/mol. The highest BCUT2D eigenvalue weighted by Gasteiger charge is 2.19. The normalized spacial score (nSPS) is 10.8. The first-order chi connectivity index (χ1) is 18.2. The van der Waals surface area contributed by atoms with Gasteiger partial charge in [-0.1, -0.05) is 41.9 Å². The fourth-order valence-corrected chi connectivity index (χ4v) is 4.61. The van der Waals surface area contributed by atoms with E-state index < -0.39 is 5.97 Å². The molecule has 0 atom stereocenters. The van der Waals surface area contributed by atoms with E-state index in [0.29, 0.717) is 31.7 Å². The molecule has 196 valence electrons. The van der Waals surface area contributed by atoms with Gasteiger partial charge in [-0.2, -0.15) is 0 Å². The first-order valence-corrected chi connectivity index (χ1v) is 12.8. The highest BCUT2D eigenvalue weighted by Crippen LogP contribution is 2.31. The minimum Gasteiger partial charge on any atom is -0.494 e. The van der Waals surface area contributed by atoms with Crippen LogP contribution in [0.25, 0.3) is 0 Å². The zero-order valence-electron chi connectivity index (χ0n) is 21.8. The van der Waals surface area contributed by atoms with Crippen LogP contribution in [-0.2, 0) is 13.1 Å². The van der Waals surface area contributed by atoms with E-state index in [-0.39, 0.29) is 5.69 Å². The van der Waals surface area contributed by atoms with Crippen LogP contribution in [0.1, 0.15) is 49.5 Å². The highest BCUT2D eigenvalue weighted by atomic mass is 35.5. The molecule has 1 aromatic heterocycles. The quantitative estimate of drug-likeness (QED) is 0.162. The second kappa shape index (κ2) is 12.0. The highest BCUT2D eigenvalue weighted by molar-refractivity contribution is 6.32. The number of anilines is 2. The second-order valence-electron chi connectivity index (χ2n) is 9.44. The van der Waals surface area contributed by atoms with Crippen molar-refractivity contribution < 1.29 is 19.4 Å². The van der Waals surface area contributed by atoms with Crippen molar-refractivity contribution >= 4 is 35.2 Å². The number of aromatic carboxylic acids is 1. The van der Waals surface area contributed by atoms with E-state index in [1.54, 1.807) is 16.7 Å². The molecule has 0 radical (unpaired) electrons. The van der Waals surface area contributed by atoms with Crippen molar-refractivity contribution in [1.29, 1.82) is 0 Å². The molecule has 4 aromatic rings. The Hall–Kier alpha value is -4.03. The van der Waals surface area contributed by atoms with E-state index in [9.17, 15) is 14.7 Å². The molecule has 0 saturated heterocycles. The summed E-state index contributed by atoms with van der Waals surface area (Å²) >= 11 is 6.25. The van der Waals surface area contributed by atoms with Crippen LogP contribution >= 0.6 is 11.6 Å². The summed E-state index contributed by atoms with van der Waals surface area (Å²) < 4.78 is 7.68. The first-order valence-electron chi connectivity index (χ1n) is 12.5. The topological polar surface area (TPSA) is 71.8 Å². The van der Waals surface area contributed by atoms with Gasteiger partial charge in [-0.05, 0) is 85.8 Å². The number of aryl methyl sites for hydroxylation is 4. The van der Waals surface area contributed by atoms with Crippen LogP contribution in [0.4, 0.5) is 11.4 Å². The molecule has 0 unspecified atom stereocenters. The van der Waals surface area contributed by atoms with Gasteiger partial charge in [-0.15, -0.1) is 0 Å². The Morgan fingerprint density at radius 2 is 1.74 bits per heavy atom. The van der Waals surface area contributed by atoms with E-state index in [2.05, 4.69) is 11.0 Å². The zero-order chi connectivity index (χ0) is 27.2. The maximum Gasteiger partial charge on any atom is 0.352 e. The third kappa shape index (κ3) is 6.45. The van der Waals surface area contributed by atoms with Gasteiger partial charge in [0, 0.05) is 35.6 Å². The molecule has 0 spiro atoms. The van der Waals surface area contributed by atoms with Crippen molar-refractivity contribution in [3.8, 4) is 5.75 Å². The van der Waals surface area contributed by atoms with Gasteiger partial charge in [0.1, 0.15) is 17.7 Å². The number of carbonyl (C=O) groups excluding carboxylic acids is 1. The summed E-state index contributed by atoms with van der Waals surface area (Å²) in [4.78, 5) is 25.5. The standard InChI is InChI=1S/C31H31ClN2O4/c1-21-7-4-10-26(13-21)34(18-24-8-5-9-25(16-24)20-35)27-17-29(31(36)37)33(19-27)11-6-12-38-28-14-22(2)30(32)23(3)15-28/h4-5,7-10,13-17,19-20H,6,11-12,18H2,1-3H3,(H,36,37). The minimum atomic E-state index is -0.992. The van der Waals surface area contributed by atoms with Gasteiger partial charge in [-0.3, -0.25) is 4.79 Å². The summed E-state index contributed by atoms with van der Waals surface area (Å²) in [6.07, 6.45) is 3.32. The summed E-state index contributed by atoms with van der Waals surface area (Å²) in [6.45, 7) is 7.30. The lowest BCUT2D eigenvalue weighted by atomic mass is 10.1. The summed E-state index contributed by atoms with van der Waals surface area (Å²) in [5.41, 5.74) is 6.46. The van der Waals surface area contributed by atoms with Gasteiger partial charge in [0.25, 0.3) is 0 Å². The fraction of sp³-hybridized carbons (Fsp3) is 0.226. The molecular formula is C31H31ClN2O4. The second-order valence-corrected chi connectivity index (χ2v) is 9.82. The Morgan fingerprint density at radius 3 is 2.42 bits per heavy atom. The summed E-state index contributed by atoms with van der Waals surface area (Å²) in [6, 6.07) is 21.0. The van der Waals surface area contributed by atoms with Crippen LogP contribution in [-0.4, -0.2) is 28.5 Å². The summed E-state index contributed by atoms with van der Waals surface area (Å²) in [5.74, 6) is -0.243. The van der Waals surface area contributed by atoms with Crippen molar-refractivity contribution in [2.45, 2.75) is 40.3 Å². The van der Waals surface area contributed by atoms with E-state index >= 15 is 0 Å². The molecule has 7 heteroatoms. The van der Waals surface area contributed by atoms with Crippen LogP contribution in [0.5, 0.6) is 5.75 Å². The predicted molar refractivity (Wildman–Crippen MR) is 151 cm³/mol. The molecule has 0 aliphatic heterocycles. The predicted octanol–water partition coefficient (Wildman–Crippen LogP) is 7.38. The van der Waals surface area contributed by atoms with Crippen molar-refractivity contribution in [2.24, 2.45) is 0 Å². The van der Waals surface area contributed by atoms with Gasteiger partial charge in [0.05, 0.1) is 12.3 Å². The van der Waals surface area contributed by atoms with Crippen LogP contribution in [0, 0.1) is 20.8 Å². The number of benzene rings is 3. The van der Waals surface area contributed by atoms with Crippen molar-refractivity contribution in [3.05, 3.63) is 111 Å². The van der Waals surface area contributed by atoms with Crippen LogP contribution < -0.4 is 9.64 Å². The number of nitrogens with zero attached hydrogens (tertiary/aromatic N) is 2. The third-order valence-electron chi connectivity index (χ3n) is 6.38. The molecule has 4 rings (SSSR count). The number of hydrogen-bond acceptors (Lipinski definition) is 4. The lowest BCUT2D eigenvalue weighted by Crippen LogP contribution is -2.16. The molecule has 6 nitrogen and oxygen atoms in total. The Labute approximate surface area is 228 Å². The first kappa shape index (κ1) is 27.0. The lowest BCUT2D eigenvalue weighted by molar-refractivity contribution is 0.0684. The van der Waals surface area contributed by atoms with Gasteiger partial charge < -0.3 is 19.3 Å². The lowest BCUT2D eigenvalue weighted by Gasteiger charge is -2.24. The molecule has 38 heavy (non-hydrogen) atoms. The molecule has 1 heterocycles. The third-order valence-corrected chi connectivity index (χ3v) is 6.97. The molecule has 0 fully saturated rings. The Balaban J connectivity index is 1.57. The maximum absolute atomic E-state index is 12.1. The number of carboxylic acid groups (broad SMARTS) is 1. The van der Waals surface area contributed by atoms with Crippen LogP contribution in [0.3, 0.4) is 0 Å². The Kier molecular flexibility index (Phi) is 8.54. The average molecular weight is 531 g/mol. The number of rotatable bonds is 11. The van der Waals surface area contributed by atoms with Gasteiger partial charge in [-0.25, -0.2) is 4.79 Å². The number of ether oxygens (including phenoxy) is 1. The van der Waals surface area contributed by atoms with E-state index in [1.807, 2.05) is 75.5 Å². The summed E-state index contributed by atoms with van der Waals surface area (Å²) in [5, 5.41) is 10.7. The number of hydrogen-bond donors (Lipinski definition) is 1. The van der Waals surface area contributed by atoms with Gasteiger partial charge >= 0.3 is 5.97 Å². The van der Waals surface area contributed by atoms with Crippen molar-refractivity contribution in [2.75, 3.05) is 11.5 Å². The molecule has 1 N–H and O–H groups in total. The largest absolute Gasteiger partial charge is 0.494 e. The number of aldehydes is 1. The molecule has 0 saturated carbocycles. The minimum absolute atomic E-state index is 0.206. The number of carbonyl (C=O) groups is 2. The molecule has 0 aliphatic carbocycles. The molecule has 0 aliphatic rings. The maximum atomic E-state index is 12.1. The molecule has 0 bridgehead atoms. The van der Waals surface area contributed by atoms with E-state index in [1.165, 1.54) is 0 Å². The van der Waals surface area contributed by atoms with Crippen molar-refractivity contribution in [3.63, 3.8) is 0 Å². The smallest absolute Gasteiger partial charge is 0.352 e. The number of halogens is 1. The van der Waals surface area contributed by atoms with Crippen molar-refractivity contribution in [1.82, 2.24) is 4.57 Å². The Bertz CT molecular complexity index is 1440. The van der Waals surface area contributed by atoms with Gasteiger partial charge in [0.15, 0.2) is 0 Å². The zero-order valence-corrected chi connectivity index (χ0v) is 22.5. The molecular weight excluding hydrogens is 500 g/mol. The van der Waals surface area contributed by atoms with Gasteiger partial charge in [0.2, 0.25) is 0 Å². The van der Waals surface area contributed by atoms with E-state index in [4.69, 9.17) is 16.3 Å². The SMILES string of the molecule is Cc1cccc(N(Cc2cccc(C=O)c2)c2cc(C(=O)O)n(CCCOc3cc(C)c(Cl)c(C)c3)c2)c1. The van der Waals surface area contributed by atoms with Crippen LogP contribution in [0.15, 0.2) is 72.9 Å². The number of carboxylic acids is 1.